The standard InChI is InChI=1S/C17H16FNO2/c1-17(18)15(12-6-4-3-5-7-12)19(16(17)20)13-8-10-14(21-2)11-9-13/h3-11,15H,1-2H3/t15-,17+/m1/s1. The van der Waals surface area contributed by atoms with Crippen LogP contribution < -0.4 is 9.64 Å². The predicted molar refractivity (Wildman–Crippen MR) is 79.2 cm³/mol. The molecular formula is C17H16FNO2. The minimum atomic E-state index is -1.87. The molecule has 2 aromatic carbocycles. The summed E-state index contributed by atoms with van der Waals surface area (Å²) in [5.41, 5.74) is -0.413. The van der Waals surface area contributed by atoms with Gasteiger partial charge in [0.15, 0.2) is 0 Å². The fraction of sp³-hybridized carbons (Fsp3) is 0.235. The smallest absolute Gasteiger partial charge is 0.267 e. The van der Waals surface area contributed by atoms with Crippen LogP contribution in [0.15, 0.2) is 54.6 Å². The van der Waals surface area contributed by atoms with E-state index >= 15 is 0 Å². The first-order chi connectivity index (χ1) is 10.1. The number of amides is 1. The van der Waals surface area contributed by atoms with Crippen LogP contribution in [0.4, 0.5) is 10.1 Å². The number of β-lactam (4-membered cyclic amide) rings is 1. The third-order valence-corrected chi connectivity index (χ3v) is 3.87. The van der Waals surface area contributed by atoms with E-state index < -0.39 is 17.6 Å². The zero-order valence-corrected chi connectivity index (χ0v) is 11.9. The van der Waals surface area contributed by atoms with E-state index in [1.54, 1.807) is 31.4 Å². The van der Waals surface area contributed by atoms with Gasteiger partial charge in [-0.25, -0.2) is 4.39 Å². The number of carbonyl (C=O) groups is 1. The second-order valence-corrected chi connectivity index (χ2v) is 5.26. The molecule has 1 amide bonds. The zero-order valence-electron chi connectivity index (χ0n) is 11.9. The first-order valence-electron chi connectivity index (χ1n) is 6.77. The number of nitrogens with zero attached hydrogens (tertiary/aromatic N) is 1. The Bertz CT molecular complexity index is 652. The second kappa shape index (κ2) is 4.88. The Morgan fingerprint density at radius 3 is 2.29 bits per heavy atom. The number of hydrogen-bond acceptors (Lipinski definition) is 2. The van der Waals surface area contributed by atoms with Crippen LogP contribution in [-0.2, 0) is 4.79 Å². The number of methoxy groups -OCH3 is 1. The number of rotatable bonds is 3. The molecule has 21 heavy (non-hydrogen) atoms. The molecule has 0 saturated carbocycles. The maximum Gasteiger partial charge on any atom is 0.267 e. The Hall–Kier alpha value is -2.36. The van der Waals surface area contributed by atoms with E-state index in [0.717, 1.165) is 5.56 Å². The summed E-state index contributed by atoms with van der Waals surface area (Å²) in [6.45, 7) is 1.34. The minimum absolute atomic E-state index is 0.512. The molecule has 3 rings (SSSR count). The van der Waals surface area contributed by atoms with Crippen molar-refractivity contribution in [2.75, 3.05) is 12.0 Å². The number of anilines is 1. The van der Waals surface area contributed by atoms with Gasteiger partial charge in [-0.05, 0) is 36.8 Å². The molecule has 0 N–H and O–H groups in total. The van der Waals surface area contributed by atoms with Gasteiger partial charge in [-0.15, -0.1) is 0 Å². The molecular weight excluding hydrogens is 269 g/mol. The summed E-state index contributed by atoms with van der Waals surface area (Å²) in [6.07, 6.45) is 0. The van der Waals surface area contributed by atoms with Crippen LogP contribution in [0.25, 0.3) is 0 Å². The van der Waals surface area contributed by atoms with Crippen LogP contribution in [0, 0.1) is 0 Å². The molecule has 0 unspecified atom stereocenters. The van der Waals surface area contributed by atoms with E-state index in [-0.39, 0.29) is 0 Å². The Morgan fingerprint density at radius 1 is 1.10 bits per heavy atom. The maximum absolute atomic E-state index is 14.6. The number of ether oxygens (including phenoxy) is 1. The van der Waals surface area contributed by atoms with Crippen molar-refractivity contribution in [2.24, 2.45) is 0 Å². The van der Waals surface area contributed by atoms with Crippen molar-refractivity contribution >= 4 is 11.6 Å². The topological polar surface area (TPSA) is 29.5 Å². The number of halogens is 1. The molecule has 2 aromatic rings. The van der Waals surface area contributed by atoms with Gasteiger partial charge in [0, 0.05) is 5.69 Å². The fourth-order valence-corrected chi connectivity index (χ4v) is 2.75. The van der Waals surface area contributed by atoms with Gasteiger partial charge in [0.05, 0.1) is 7.11 Å². The van der Waals surface area contributed by atoms with E-state index in [1.807, 2.05) is 30.3 Å². The minimum Gasteiger partial charge on any atom is -0.497 e. The van der Waals surface area contributed by atoms with Gasteiger partial charge in [-0.1, -0.05) is 30.3 Å². The van der Waals surface area contributed by atoms with E-state index in [2.05, 4.69) is 0 Å². The van der Waals surface area contributed by atoms with Crippen molar-refractivity contribution in [3.63, 3.8) is 0 Å². The van der Waals surface area contributed by atoms with Crippen LogP contribution >= 0.6 is 0 Å². The molecule has 1 aliphatic heterocycles. The molecule has 2 atom stereocenters. The predicted octanol–water partition coefficient (Wildman–Crippen LogP) is 3.51. The van der Waals surface area contributed by atoms with Gasteiger partial charge in [0.1, 0.15) is 11.8 Å². The first-order valence-corrected chi connectivity index (χ1v) is 6.77. The zero-order chi connectivity index (χ0) is 15.0. The van der Waals surface area contributed by atoms with Crippen LogP contribution in [-0.4, -0.2) is 18.7 Å². The number of benzene rings is 2. The highest BCUT2D eigenvalue weighted by Gasteiger charge is 2.59. The molecule has 3 nitrogen and oxygen atoms in total. The monoisotopic (exact) mass is 285 g/mol. The summed E-state index contributed by atoms with van der Waals surface area (Å²) in [6, 6.07) is 15.7. The Kier molecular flexibility index (Phi) is 3.16. The highest BCUT2D eigenvalue weighted by Crippen LogP contribution is 2.48. The molecule has 0 aromatic heterocycles. The van der Waals surface area contributed by atoms with Crippen LogP contribution in [0.2, 0.25) is 0 Å². The molecule has 1 saturated heterocycles. The fourth-order valence-electron chi connectivity index (χ4n) is 2.75. The van der Waals surface area contributed by atoms with Crippen molar-refractivity contribution in [3.8, 4) is 5.75 Å². The third-order valence-electron chi connectivity index (χ3n) is 3.87. The molecule has 0 aliphatic carbocycles. The van der Waals surface area contributed by atoms with E-state index in [1.165, 1.54) is 11.8 Å². The van der Waals surface area contributed by atoms with Crippen molar-refractivity contribution in [3.05, 3.63) is 60.2 Å². The summed E-state index contributed by atoms with van der Waals surface area (Å²) in [4.78, 5) is 13.6. The lowest BCUT2D eigenvalue weighted by Crippen LogP contribution is -2.64. The van der Waals surface area contributed by atoms with Crippen molar-refractivity contribution in [2.45, 2.75) is 18.6 Å². The molecule has 108 valence electrons. The maximum atomic E-state index is 14.6. The van der Waals surface area contributed by atoms with Gasteiger partial charge < -0.3 is 4.74 Å². The van der Waals surface area contributed by atoms with Crippen molar-refractivity contribution in [1.82, 2.24) is 0 Å². The van der Waals surface area contributed by atoms with E-state index in [9.17, 15) is 9.18 Å². The highest BCUT2D eigenvalue weighted by molar-refractivity contribution is 6.08. The largest absolute Gasteiger partial charge is 0.497 e. The normalized spacial score (nSPS) is 24.6. The molecule has 0 bridgehead atoms. The Labute approximate surface area is 123 Å². The van der Waals surface area contributed by atoms with Gasteiger partial charge in [0.25, 0.3) is 5.91 Å². The number of hydrogen-bond donors (Lipinski definition) is 0. The van der Waals surface area contributed by atoms with Gasteiger partial charge >= 0.3 is 0 Å². The van der Waals surface area contributed by atoms with Crippen molar-refractivity contribution in [1.29, 1.82) is 0 Å². The Morgan fingerprint density at radius 2 is 1.71 bits per heavy atom. The lowest BCUT2D eigenvalue weighted by molar-refractivity contribution is -0.141. The Balaban J connectivity index is 1.98. The third kappa shape index (κ3) is 2.07. The molecule has 4 heteroatoms. The number of alkyl halides is 1. The molecule has 1 heterocycles. The molecule has 1 aliphatic rings. The van der Waals surface area contributed by atoms with Gasteiger partial charge in [0.2, 0.25) is 5.67 Å². The van der Waals surface area contributed by atoms with Crippen LogP contribution in [0.1, 0.15) is 18.5 Å². The SMILES string of the molecule is COc1ccc(N2C(=O)[C@@](C)(F)[C@H]2c2ccccc2)cc1. The molecule has 0 spiro atoms. The second-order valence-electron chi connectivity index (χ2n) is 5.26. The number of carbonyl (C=O) groups excluding carboxylic acids is 1. The lowest BCUT2D eigenvalue weighted by Gasteiger charge is -2.49. The average molecular weight is 285 g/mol. The molecule has 1 fully saturated rings. The van der Waals surface area contributed by atoms with Gasteiger partial charge in [-0.2, -0.15) is 0 Å². The highest BCUT2D eigenvalue weighted by atomic mass is 19.1. The van der Waals surface area contributed by atoms with Crippen molar-refractivity contribution < 1.29 is 13.9 Å². The summed E-state index contributed by atoms with van der Waals surface area (Å²) in [5, 5.41) is 0. The van der Waals surface area contributed by atoms with E-state index in [0.29, 0.717) is 11.4 Å². The average Bonchev–Trinajstić information content (AvgIpc) is 2.52. The van der Waals surface area contributed by atoms with Crippen LogP contribution in [0.3, 0.4) is 0 Å². The molecule has 0 radical (unpaired) electrons. The summed E-state index contributed by atoms with van der Waals surface area (Å²) in [5.74, 6) is 0.188. The summed E-state index contributed by atoms with van der Waals surface area (Å²) < 4.78 is 19.7. The summed E-state index contributed by atoms with van der Waals surface area (Å²) in [7, 11) is 1.58. The lowest BCUT2D eigenvalue weighted by atomic mass is 9.80. The summed E-state index contributed by atoms with van der Waals surface area (Å²) >= 11 is 0. The first kappa shape index (κ1) is 13.6. The van der Waals surface area contributed by atoms with Crippen LogP contribution in [0.5, 0.6) is 5.75 Å². The van der Waals surface area contributed by atoms with Gasteiger partial charge in [-0.3, -0.25) is 9.69 Å². The van der Waals surface area contributed by atoms with E-state index in [4.69, 9.17) is 4.74 Å². The quantitative estimate of drug-likeness (QED) is 0.808.